The monoisotopic (exact) mass is 414 g/mol. The van der Waals surface area contributed by atoms with Crippen molar-refractivity contribution in [3.8, 4) is 5.69 Å². The number of H-pyrrole nitrogens is 1. The Morgan fingerprint density at radius 2 is 1.90 bits per heavy atom. The standard InChI is InChI=1S/C23H19FN6O/c1-13-4-3-5-15-10-18(14(2)29-22-20-21(26-11-25-20)27-12-28-22)30(23(31)19(13)15)17-8-6-16(24)7-9-17/h3-12,14H,1-2H3,(H2,25,26,27,28,29)/t14-/m0/s1. The van der Waals surface area contributed by atoms with Crippen LogP contribution in [-0.4, -0.2) is 24.5 Å². The molecule has 8 heteroatoms. The lowest BCUT2D eigenvalue weighted by Crippen LogP contribution is -2.26. The Morgan fingerprint density at radius 1 is 1.10 bits per heavy atom. The fourth-order valence-electron chi connectivity index (χ4n) is 3.88. The molecule has 7 nitrogen and oxygen atoms in total. The summed E-state index contributed by atoms with van der Waals surface area (Å²) in [6.45, 7) is 3.85. The molecule has 31 heavy (non-hydrogen) atoms. The molecule has 0 amide bonds. The fraction of sp³-hybridized carbons (Fsp3) is 0.130. The molecule has 0 aliphatic heterocycles. The van der Waals surface area contributed by atoms with Gasteiger partial charge in [0.2, 0.25) is 0 Å². The van der Waals surface area contributed by atoms with Crippen LogP contribution in [0.3, 0.4) is 0 Å². The van der Waals surface area contributed by atoms with Gasteiger partial charge < -0.3 is 10.3 Å². The summed E-state index contributed by atoms with van der Waals surface area (Å²) >= 11 is 0. The summed E-state index contributed by atoms with van der Waals surface area (Å²) in [6, 6.07) is 13.3. The van der Waals surface area contributed by atoms with Crippen LogP contribution in [0.15, 0.2) is 66.0 Å². The van der Waals surface area contributed by atoms with Gasteiger partial charge in [0.25, 0.3) is 5.56 Å². The van der Waals surface area contributed by atoms with Crippen LogP contribution >= 0.6 is 0 Å². The molecule has 0 radical (unpaired) electrons. The van der Waals surface area contributed by atoms with Gasteiger partial charge in [0.05, 0.1) is 17.8 Å². The van der Waals surface area contributed by atoms with E-state index in [0.717, 1.165) is 16.6 Å². The highest BCUT2D eigenvalue weighted by molar-refractivity contribution is 5.86. The van der Waals surface area contributed by atoms with E-state index in [9.17, 15) is 9.18 Å². The summed E-state index contributed by atoms with van der Waals surface area (Å²) in [5, 5.41) is 4.83. The van der Waals surface area contributed by atoms with E-state index in [-0.39, 0.29) is 17.4 Å². The second kappa shape index (κ2) is 7.32. The molecule has 0 unspecified atom stereocenters. The van der Waals surface area contributed by atoms with Crippen LogP contribution in [0.5, 0.6) is 0 Å². The Hall–Kier alpha value is -4.07. The van der Waals surface area contributed by atoms with E-state index in [2.05, 4.69) is 25.3 Å². The maximum atomic E-state index is 13.6. The molecule has 0 aliphatic carbocycles. The van der Waals surface area contributed by atoms with Crippen molar-refractivity contribution < 1.29 is 4.39 Å². The van der Waals surface area contributed by atoms with Gasteiger partial charge in [0.1, 0.15) is 17.7 Å². The van der Waals surface area contributed by atoms with Crippen molar-refractivity contribution in [2.45, 2.75) is 19.9 Å². The number of imidazole rings is 1. The number of nitrogens with zero attached hydrogens (tertiary/aromatic N) is 4. The molecule has 0 aliphatic rings. The number of aryl methyl sites for hydroxylation is 1. The van der Waals surface area contributed by atoms with Crippen molar-refractivity contribution in [3.63, 3.8) is 0 Å². The third-order valence-corrected chi connectivity index (χ3v) is 5.38. The number of hydrogen-bond donors (Lipinski definition) is 2. The van der Waals surface area contributed by atoms with Gasteiger partial charge in [0.15, 0.2) is 11.5 Å². The Labute approximate surface area is 176 Å². The van der Waals surface area contributed by atoms with Gasteiger partial charge in [-0.15, -0.1) is 0 Å². The number of aromatic nitrogens is 5. The van der Waals surface area contributed by atoms with Crippen molar-refractivity contribution >= 4 is 27.8 Å². The average Bonchev–Trinajstić information content (AvgIpc) is 3.24. The van der Waals surface area contributed by atoms with Crippen molar-refractivity contribution in [1.82, 2.24) is 24.5 Å². The van der Waals surface area contributed by atoms with E-state index in [4.69, 9.17) is 0 Å². The van der Waals surface area contributed by atoms with E-state index < -0.39 is 0 Å². The summed E-state index contributed by atoms with van der Waals surface area (Å²) in [5.41, 5.74) is 3.28. The number of fused-ring (bicyclic) bond motifs is 2. The molecule has 3 heterocycles. The van der Waals surface area contributed by atoms with Gasteiger partial charge in [0, 0.05) is 11.4 Å². The van der Waals surface area contributed by atoms with E-state index >= 15 is 0 Å². The minimum atomic E-state index is -0.358. The maximum absolute atomic E-state index is 13.6. The summed E-state index contributed by atoms with van der Waals surface area (Å²) in [4.78, 5) is 29.3. The predicted octanol–water partition coefficient (Wildman–Crippen LogP) is 4.28. The first-order chi connectivity index (χ1) is 15.0. The number of halogens is 1. The zero-order chi connectivity index (χ0) is 21.5. The summed E-state index contributed by atoms with van der Waals surface area (Å²) in [6.07, 6.45) is 3.01. The Kier molecular flexibility index (Phi) is 4.47. The number of anilines is 1. The molecule has 0 bridgehead atoms. The number of hydrogen-bond acceptors (Lipinski definition) is 5. The topological polar surface area (TPSA) is 88.5 Å². The molecule has 2 aromatic carbocycles. The SMILES string of the molecule is Cc1cccc2cc([C@H](C)Nc3ncnc4[nH]cnc34)n(-c3ccc(F)cc3)c(=O)c12. The molecule has 154 valence electrons. The molecule has 0 fully saturated rings. The van der Waals surface area contributed by atoms with E-state index in [0.29, 0.717) is 28.1 Å². The van der Waals surface area contributed by atoms with Crippen LogP contribution in [0.1, 0.15) is 24.2 Å². The second-order valence-corrected chi connectivity index (χ2v) is 7.41. The van der Waals surface area contributed by atoms with Gasteiger partial charge in [-0.25, -0.2) is 19.3 Å². The second-order valence-electron chi connectivity index (χ2n) is 7.41. The highest BCUT2D eigenvalue weighted by Gasteiger charge is 2.19. The van der Waals surface area contributed by atoms with Gasteiger partial charge in [-0.3, -0.25) is 9.36 Å². The van der Waals surface area contributed by atoms with Gasteiger partial charge in [-0.05, 0) is 55.1 Å². The number of benzene rings is 2. The van der Waals surface area contributed by atoms with Crippen LogP contribution in [0, 0.1) is 12.7 Å². The largest absolute Gasteiger partial charge is 0.360 e. The molecule has 3 aromatic heterocycles. The molecule has 0 saturated heterocycles. The van der Waals surface area contributed by atoms with Crippen LogP contribution in [0.2, 0.25) is 0 Å². The third-order valence-electron chi connectivity index (χ3n) is 5.38. The normalized spacial score (nSPS) is 12.4. The first-order valence-electron chi connectivity index (χ1n) is 9.85. The minimum absolute atomic E-state index is 0.154. The minimum Gasteiger partial charge on any atom is -0.360 e. The lowest BCUT2D eigenvalue weighted by Gasteiger charge is -2.21. The molecule has 5 rings (SSSR count). The van der Waals surface area contributed by atoms with Gasteiger partial charge >= 0.3 is 0 Å². The highest BCUT2D eigenvalue weighted by atomic mass is 19.1. The average molecular weight is 414 g/mol. The molecule has 0 spiro atoms. The molecule has 1 atom stereocenters. The van der Waals surface area contributed by atoms with E-state index in [1.54, 1.807) is 23.0 Å². The Bertz CT molecular complexity index is 1470. The van der Waals surface area contributed by atoms with Crippen LogP contribution in [0.25, 0.3) is 27.6 Å². The van der Waals surface area contributed by atoms with Crippen molar-refractivity contribution in [2.24, 2.45) is 0 Å². The van der Waals surface area contributed by atoms with Gasteiger partial charge in [-0.1, -0.05) is 18.2 Å². The van der Waals surface area contributed by atoms with Crippen LogP contribution in [0.4, 0.5) is 10.2 Å². The zero-order valence-electron chi connectivity index (χ0n) is 16.9. The molecule has 0 saturated carbocycles. The maximum Gasteiger partial charge on any atom is 0.263 e. The summed E-state index contributed by atoms with van der Waals surface area (Å²) in [5.74, 6) is 0.199. The lowest BCUT2D eigenvalue weighted by atomic mass is 10.0. The van der Waals surface area contributed by atoms with Crippen molar-refractivity contribution in [1.29, 1.82) is 0 Å². The predicted molar refractivity (Wildman–Crippen MR) is 118 cm³/mol. The first kappa shape index (κ1) is 18.9. The Balaban J connectivity index is 1.71. The van der Waals surface area contributed by atoms with Crippen molar-refractivity contribution in [3.05, 3.63) is 88.6 Å². The number of aromatic amines is 1. The number of rotatable bonds is 4. The Morgan fingerprint density at radius 3 is 2.71 bits per heavy atom. The first-order valence-corrected chi connectivity index (χ1v) is 9.85. The summed E-state index contributed by atoms with van der Waals surface area (Å²) in [7, 11) is 0. The van der Waals surface area contributed by atoms with E-state index in [1.807, 2.05) is 38.1 Å². The highest BCUT2D eigenvalue weighted by Crippen LogP contribution is 2.26. The van der Waals surface area contributed by atoms with Crippen molar-refractivity contribution in [2.75, 3.05) is 5.32 Å². The molecule has 5 aromatic rings. The van der Waals surface area contributed by atoms with Crippen LogP contribution in [-0.2, 0) is 0 Å². The molecule has 2 N–H and O–H groups in total. The quantitative estimate of drug-likeness (QED) is 0.458. The van der Waals surface area contributed by atoms with E-state index in [1.165, 1.54) is 18.5 Å². The van der Waals surface area contributed by atoms with Gasteiger partial charge in [-0.2, -0.15) is 0 Å². The fourth-order valence-corrected chi connectivity index (χ4v) is 3.88. The molecular formula is C23H19FN6O. The summed E-state index contributed by atoms with van der Waals surface area (Å²) < 4.78 is 15.2. The number of nitrogens with one attached hydrogen (secondary N) is 2. The number of pyridine rings is 1. The smallest absolute Gasteiger partial charge is 0.263 e. The zero-order valence-corrected chi connectivity index (χ0v) is 16.9. The lowest BCUT2D eigenvalue weighted by molar-refractivity contribution is 0.627. The van der Waals surface area contributed by atoms with Crippen LogP contribution < -0.4 is 10.9 Å². The molecular weight excluding hydrogens is 395 g/mol. The third kappa shape index (κ3) is 3.22.